The molecule has 0 aliphatic carbocycles. The maximum atomic E-state index is 10.0. The lowest BCUT2D eigenvalue weighted by atomic mass is 10.0. The van der Waals surface area contributed by atoms with Crippen molar-refractivity contribution in [2.75, 3.05) is 0 Å². The van der Waals surface area contributed by atoms with Crippen LogP contribution in [0.5, 0.6) is 0 Å². The van der Waals surface area contributed by atoms with Gasteiger partial charge in [0.1, 0.15) is 0 Å². The number of hydrogen-bond acceptors (Lipinski definition) is 1. The molecular formula is C43H30N2Si. The Bertz CT molecular complexity index is 2220. The van der Waals surface area contributed by atoms with Crippen LogP contribution in [0, 0.1) is 11.3 Å². The van der Waals surface area contributed by atoms with Gasteiger partial charge < -0.3 is 4.57 Å². The molecule has 7 aromatic carbocycles. The van der Waals surface area contributed by atoms with Crippen molar-refractivity contribution in [3.8, 4) is 22.9 Å². The monoisotopic (exact) mass is 602 g/mol. The van der Waals surface area contributed by atoms with Gasteiger partial charge in [-0.05, 0) is 50.6 Å². The predicted molar refractivity (Wildman–Crippen MR) is 195 cm³/mol. The summed E-state index contributed by atoms with van der Waals surface area (Å²) < 4.78 is 2.32. The fourth-order valence-corrected chi connectivity index (χ4v) is 12.0. The van der Waals surface area contributed by atoms with Crippen molar-refractivity contribution in [2.24, 2.45) is 0 Å². The first-order valence-corrected chi connectivity index (χ1v) is 17.6. The van der Waals surface area contributed by atoms with Crippen LogP contribution in [0.3, 0.4) is 0 Å². The molecular weight excluding hydrogens is 573 g/mol. The standard InChI is InChI=1S/C43H30N2Si/c44-31-32-27-28-38(43(29-32)45-41-25-12-10-23-39(41)40-24-11-13-26-42(40)45)33-15-14-22-37(30-33)46(34-16-4-1-5-17-34,35-18-6-2-7-19-35)36-20-8-3-9-21-36/h1-30H. The van der Waals surface area contributed by atoms with Crippen LogP contribution in [-0.2, 0) is 0 Å². The van der Waals surface area contributed by atoms with Crippen molar-refractivity contribution in [2.45, 2.75) is 0 Å². The molecule has 46 heavy (non-hydrogen) atoms. The topological polar surface area (TPSA) is 28.7 Å². The van der Waals surface area contributed by atoms with E-state index in [9.17, 15) is 5.26 Å². The van der Waals surface area contributed by atoms with Crippen LogP contribution >= 0.6 is 0 Å². The van der Waals surface area contributed by atoms with E-state index in [1.54, 1.807) is 0 Å². The molecule has 2 nitrogen and oxygen atoms in total. The Morgan fingerprint density at radius 1 is 0.435 bits per heavy atom. The van der Waals surface area contributed by atoms with Gasteiger partial charge in [-0.15, -0.1) is 0 Å². The Kier molecular flexibility index (Phi) is 6.91. The smallest absolute Gasteiger partial charge is 0.179 e. The van der Waals surface area contributed by atoms with Crippen LogP contribution in [0.4, 0.5) is 0 Å². The highest BCUT2D eigenvalue weighted by atomic mass is 28.3. The van der Waals surface area contributed by atoms with Gasteiger partial charge in [-0.1, -0.05) is 158 Å². The average Bonchev–Trinajstić information content (AvgIpc) is 3.47. The molecule has 216 valence electrons. The third-order valence-electron chi connectivity index (χ3n) is 9.17. The quantitative estimate of drug-likeness (QED) is 0.142. The molecule has 1 heterocycles. The highest BCUT2D eigenvalue weighted by Gasteiger charge is 2.41. The normalized spacial score (nSPS) is 11.5. The van der Waals surface area contributed by atoms with Gasteiger partial charge >= 0.3 is 0 Å². The summed E-state index contributed by atoms with van der Waals surface area (Å²) in [5.41, 5.74) is 6.09. The highest BCUT2D eigenvalue weighted by molar-refractivity contribution is 7.19. The van der Waals surface area contributed by atoms with Crippen molar-refractivity contribution in [1.29, 1.82) is 5.26 Å². The highest BCUT2D eigenvalue weighted by Crippen LogP contribution is 2.36. The SMILES string of the molecule is N#Cc1ccc(-c2cccc([Si](c3ccccc3)(c3ccccc3)c3ccccc3)c2)c(-n2c3ccccc3c3ccccc32)c1. The Labute approximate surface area is 270 Å². The van der Waals surface area contributed by atoms with Crippen molar-refractivity contribution in [3.63, 3.8) is 0 Å². The Morgan fingerprint density at radius 3 is 1.43 bits per heavy atom. The maximum absolute atomic E-state index is 10.0. The fraction of sp³-hybridized carbons (Fsp3) is 0. The van der Waals surface area contributed by atoms with E-state index in [2.05, 4.69) is 180 Å². The molecule has 0 amide bonds. The van der Waals surface area contributed by atoms with E-state index in [-0.39, 0.29) is 0 Å². The summed E-state index contributed by atoms with van der Waals surface area (Å²) >= 11 is 0. The molecule has 8 aromatic rings. The maximum Gasteiger partial charge on any atom is 0.179 e. The van der Waals surface area contributed by atoms with E-state index in [0.717, 1.165) is 27.8 Å². The number of fused-ring (bicyclic) bond motifs is 3. The van der Waals surface area contributed by atoms with Gasteiger partial charge in [-0.2, -0.15) is 5.26 Å². The van der Waals surface area contributed by atoms with Crippen molar-refractivity contribution in [1.82, 2.24) is 4.57 Å². The predicted octanol–water partition coefficient (Wildman–Crippen LogP) is 7.70. The van der Waals surface area contributed by atoms with E-state index < -0.39 is 8.07 Å². The van der Waals surface area contributed by atoms with E-state index >= 15 is 0 Å². The minimum absolute atomic E-state index is 0.637. The number of nitrogens with zero attached hydrogens (tertiary/aromatic N) is 2. The Hall–Kier alpha value is -5.95. The zero-order valence-corrected chi connectivity index (χ0v) is 26.2. The number of nitriles is 1. The molecule has 0 aliphatic rings. The molecule has 0 N–H and O–H groups in total. The minimum atomic E-state index is -2.71. The first-order valence-electron chi connectivity index (χ1n) is 15.6. The first kappa shape index (κ1) is 27.6. The van der Waals surface area contributed by atoms with E-state index in [1.165, 1.54) is 31.5 Å². The second-order valence-electron chi connectivity index (χ2n) is 11.6. The van der Waals surface area contributed by atoms with Crippen LogP contribution in [0.1, 0.15) is 5.56 Å². The Balaban J connectivity index is 1.43. The molecule has 0 saturated carbocycles. The molecule has 1 aromatic heterocycles. The molecule has 3 heteroatoms. The third kappa shape index (κ3) is 4.39. The molecule has 0 saturated heterocycles. The first-order chi connectivity index (χ1) is 22.8. The van der Waals surface area contributed by atoms with Crippen LogP contribution in [-0.4, -0.2) is 12.6 Å². The van der Waals surface area contributed by atoms with Crippen molar-refractivity contribution >= 4 is 50.6 Å². The molecule has 0 atom stereocenters. The number of benzene rings is 7. The molecule has 0 unspecified atom stereocenters. The van der Waals surface area contributed by atoms with Crippen LogP contribution in [0.25, 0.3) is 38.6 Å². The lowest BCUT2D eigenvalue weighted by Crippen LogP contribution is -2.74. The van der Waals surface area contributed by atoms with Crippen LogP contribution in [0.15, 0.2) is 182 Å². The molecule has 0 fully saturated rings. The minimum Gasteiger partial charge on any atom is -0.309 e. The number of hydrogen-bond donors (Lipinski definition) is 0. The largest absolute Gasteiger partial charge is 0.309 e. The number of para-hydroxylation sites is 2. The summed E-state index contributed by atoms with van der Waals surface area (Å²) in [6.45, 7) is 0. The summed E-state index contributed by atoms with van der Waals surface area (Å²) in [7, 11) is -2.71. The van der Waals surface area contributed by atoms with Gasteiger partial charge in [0.05, 0.1) is 28.4 Å². The lowest BCUT2D eigenvalue weighted by molar-refractivity contribution is 1.18. The number of rotatable bonds is 6. The van der Waals surface area contributed by atoms with Gasteiger partial charge in [0.2, 0.25) is 0 Å². The van der Waals surface area contributed by atoms with Gasteiger partial charge in [0.25, 0.3) is 0 Å². The molecule has 0 radical (unpaired) electrons. The van der Waals surface area contributed by atoms with Crippen LogP contribution in [0.2, 0.25) is 0 Å². The molecule has 8 rings (SSSR count). The second kappa shape index (κ2) is 11.5. The average molecular weight is 603 g/mol. The van der Waals surface area contributed by atoms with E-state index in [0.29, 0.717) is 5.56 Å². The molecule has 0 aliphatic heterocycles. The summed E-state index contributed by atoms with van der Waals surface area (Å²) in [6, 6.07) is 67.7. The zero-order valence-electron chi connectivity index (χ0n) is 25.2. The van der Waals surface area contributed by atoms with Crippen molar-refractivity contribution < 1.29 is 0 Å². The summed E-state index contributed by atoms with van der Waals surface area (Å²) in [5.74, 6) is 0. The molecule has 0 bridgehead atoms. The van der Waals surface area contributed by atoms with Gasteiger partial charge in [-0.25, -0.2) is 0 Å². The number of aromatic nitrogens is 1. The Morgan fingerprint density at radius 2 is 0.913 bits per heavy atom. The molecule has 0 spiro atoms. The van der Waals surface area contributed by atoms with Gasteiger partial charge in [0.15, 0.2) is 8.07 Å². The fourth-order valence-electron chi connectivity index (χ4n) is 7.20. The lowest BCUT2D eigenvalue weighted by Gasteiger charge is -2.34. The van der Waals surface area contributed by atoms with Crippen molar-refractivity contribution in [3.05, 3.63) is 188 Å². The third-order valence-corrected chi connectivity index (χ3v) is 13.9. The summed E-state index contributed by atoms with van der Waals surface area (Å²) in [6.07, 6.45) is 0. The summed E-state index contributed by atoms with van der Waals surface area (Å²) in [4.78, 5) is 0. The van der Waals surface area contributed by atoms with E-state index in [4.69, 9.17) is 0 Å². The van der Waals surface area contributed by atoms with Crippen LogP contribution < -0.4 is 20.7 Å². The summed E-state index contributed by atoms with van der Waals surface area (Å²) in [5, 5.41) is 17.7. The van der Waals surface area contributed by atoms with Gasteiger partial charge in [-0.3, -0.25) is 0 Å². The van der Waals surface area contributed by atoms with E-state index in [1.807, 2.05) is 12.1 Å². The second-order valence-corrected chi connectivity index (χ2v) is 15.5. The zero-order chi connectivity index (χ0) is 30.9. The van der Waals surface area contributed by atoms with Gasteiger partial charge in [0, 0.05) is 16.3 Å².